The van der Waals surface area contributed by atoms with Crippen LogP contribution in [0.1, 0.15) is 16.1 Å². The molecule has 0 aliphatic rings. The molecule has 2 aromatic heterocycles. The Labute approximate surface area is 119 Å². The van der Waals surface area contributed by atoms with Crippen molar-refractivity contribution in [2.24, 2.45) is 0 Å². The normalized spacial score (nSPS) is 10.8. The smallest absolute Gasteiger partial charge is 0.267 e. The maximum atomic E-state index is 13.0. The van der Waals surface area contributed by atoms with Gasteiger partial charge in [0, 0.05) is 11.9 Å². The number of benzene rings is 1. The SMILES string of the molecule is O=C(NCCc1cccc(F)c1)c1cc2ccsc2[nH]1. The summed E-state index contributed by atoms with van der Waals surface area (Å²) >= 11 is 1.57. The summed E-state index contributed by atoms with van der Waals surface area (Å²) in [6.45, 7) is 0.481. The van der Waals surface area contributed by atoms with Gasteiger partial charge in [-0.1, -0.05) is 12.1 Å². The van der Waals surface area contributed by atoms with E-state index in [1.54, 1.807) is 17.4 Å². The van der Waals surface area contributed by atoms with E-state index in [2.05, 4.69) is 10.3 Å². The second kappa shape index (κ2) is 5.46. The molecule has 0 unspecified atom stereocenters. The summed E-state index contributed by atoms with van der Waals surface area (Å²) in [6.07, 6.45) is 0.610. The molecule has 0 radical (unpaired) electrons. The van der Waals surface area contributed by atoms with Gasteiger partial charge in [-0.3, -0.25) is 4.79 Å². The molecule has 0 saturated heterocycles. The maximum absolute atomic E-state index is 13.0. The Morgan fingerprint density at radius 1 is 1.30 bits per heavy atom. The minimum atomic E-state index is -0.251. The van der Waals surface area contributed by atoms with Gasteiger partial charge in [0.05, 0.1) is 0 Å². The van der Waals surface area contributed by atoms with Crippen LogP contribution in [0.5, 0.6) is 0 Å². The molecule has 0 aliphatic heterocycles. The number of hydrogen-bond donors (Lipinski definition) is 2. The van der Waals surface area contributed by atoms with Crippen LogP contribution in [0.2, 0.25) is 0 Å². The number of aromatic nitrogens is 1. The highest BCUT2D eigenvalue weighted by molar-refractivity contribution is 7.16. The highest BCUT2D eigenvalue weighted by atomic mass is 32.1. The number of H-pyrrole nitrogens is 1. The number of nitrogens with one attached hydrogen (secondary N) is 2. The molecule has 5 heteroatoms. The maximum Gasteiger partial charge on any atom is 0.267 e. The molecule has 0 spiro atoms. The van der Waals surface area contributed by atoms with Crippen molar-refractivity contribution in [3.05, 3.63) is 58.9 Å². The molecular weight excluding hydrogens is 275 g/mol. The molecule has 1 amide bonds. The monoisotopic (exact) mass is 288 g/mol. The number of hydrogen-bond acceptors (Lipinski definition) is 2. The summed E-state index contributed by atoms with van der Waals surface area (Å²) in [5.74, 6) is -0.386. The van der Waals surface area contributed by atoms with Crippen molar-refractivity contribution >= 4 is 27.5 Å². The number of carbonyl (C=O) groups excluding carboxylic acids is 1. The first kappa shape index (κ1) is 12.9. The van der Waals surface area contributed by atoms with Crippen LogP contribution in [-0.2, 0) is 6.42 Å². The molecule has 1 aromatic carbocycles. The van der Waals surface area contributed by atoms with Gasteiger partial charge < -0.3 is 10.3 Å². The van der Waals surface area contributed by atoms with Gasteiger partial charge in [-0.2, -0.15) is 0 Å². The average molecular weight is 288 g/mol. The van der Waals surface area contributed by atoms with Crippen molar-refractivity contribution in [2.45, 2.75) is 6.42 Å². The van der Waals surface area contributed by atoms with Crippen LogP contribution in [0.3, 0.4) is 0 Å². The summed E-state index contributed by atoms with van der Waals surface area (Å²) in [6, 6.07) is 10.2. The third-order valence-corrected chi connectivity index (χ3v) is 3.92. The van der Waals surface area contributed by atoms with E-state index in [1.807, 2.05) is 23.6 Å². The van der Waals surface area contributed by atoms with Crippen LogP contribution in [0, 0.1) is 5.82 Å². The minimum Gasteiger partial charge on any atom is -0.350 e. The first-order valence-corrected chi connectivity index (χ1v) is 7.19. The van der Waals surface area contributed by atoms with Crippen LogP contribution >= 0.6 is 11.3 Å². The van der Waals surface area contributed by atoms with Gasteiger partial charge in [0.1, 0.15) is 16.3 Å². The topological polar surface area (TPSA) is 44.9 Å². The Kier molecular flexibility index (Phi) is 3.52. The summed E-state index contributed by atoms with van der Waals surface area (Å²) in [5.41, 5.74) is 1.43. The lowest BCUT2D eigenvalue weighted by Crippen LogP contribution is -2.25. The lowest BCUT2D eigenvalue weighted by atomic mass is 10.1. The van der Waals surface area contributed by atoms with Gasteiger partial charge in [-0.25, -0.2) is 4.39 Å². The van der Waals surface area contributed by atoms with Crippen LogP contribution in [-0.4, -0.2) is 17.4 Å². The Hall–Kier alpha value is -2.14. The summed E-state index contributed by atoms with van der Waals surface area (Å²) in [4.78, 5) is 16.0. The number of thiophene rings is 1. The summed E-state index contributed by atoms with van der Waals surface area (Å²) in [5, 5.41) is 5.86. The minimum absolute atomic E-state index is 0.134. The van der Waals surface area contributed by atoms with E-state index in [0.717, 1.165) is 15.8 Å². The molecule has 0 bridgehead atoms. The highest BCUT2D eigenvalue weighted by Gasteiger charge is 2.09. The molecule has 20 heavy (non-hydrogen) atoms. The van der Waals surface area contributed by atoms with Crippen LogP contribution in [0.4, 0.5) is 4.39 Å². The molecule has 0 aliphatic carbocycles. The van der Waals surface area contributed by atoms with Crippen LogP contribution in [0.15, 0.2) is 41.8 Å². The number of carbonyl (C=O) groups is 1. The molecule has 0 fully saturated rings. The van der Waals surface area contributed by atoms with E-state index in [-0.39, 0.29) is 11.7 Å². The summed E-state index contributed by atoms with van der Waals surface area (Å²) in [7, 11) is 0. The van der Waals surface area contributed by atoms with Gasteiger partial charge in [0.15, 0.2) is 0 Å². The quantitative estimate of drug-likeness (QED) is 0.760. The molecule has 102 valence electrons. The number of amides is 1. The predicted octanol–water partition coefficient (Wildman–Crippen LogP) is 3.34. The van der Waals surface area contributed by atoms with Gasteiger partial charge in [0.2, 0.25) is 0 Å². The molecule has 3 rings (SSSR count). The van der Waals surface area contributed by atoms with Crippen LogP contribution in [0.25, 0.3) is 10.2 Å². The Balaban J connectivity index is 1.58. The fraction of sp³-hybridized carbons (Fsp3) is 0.133. The lowest BCUT2D eigenvalue weighted by molar-refractivity contribution is 0.0950. The lowest BCUT2D eigenvalue weighted by Gasteiger charge is -2.04. The molecule has 0 atom stereocenters. The third kappa shape index (κ3) is 2.72. The first-order chi connectivity index (χ1) is 9.72. The largest absolute Gasteiger partial charge is 0.350 e. The molecule has 2 N–H and O–H groups in total. The van der Waals surface area contributed by atoms with E-state index >= 15 is 0 Å². The number of fused-ring (bicyclic) bond motifs is 1. The number of aromatic amines is 1. The Bertz CT molecular complexity index is 719. The molecule has 3 aromatic rings. The van der Waals surface area contributed by atoms with Crippen molar-refractivity contribution in [1.29, 1.82) is 0 Å². The standard InChI is InChI=1S/C15H13FN2OS/c16-12-3-1-2-10(8-12)4-6-17-14(19)13-9-11-5-7-20-15(11)18-13/h1-3,5,7-9,18H,4,6H2,(H,17,19). The van der Waals surface area contributed by atoms with Crippen LogP contribution < -0.4 is 5.32 Å². The van der Waals surface area contributed by atoms with E-state index < -0.39 is 0 Å². The summed E-state index contributed by atoms with van der Waals surface area (Å²) < 4.78 is 13.0. The molecule has 2 heterocycles. The molecule has 0 saturated carbocycles. The first-order valence-electron chi connectivity index (χ1n) is 6.31. The zero-order chi connectivity index (χ0) is 13.9. The van der Waals surface area contributed by atoms with E-state index in [9.17, 15) is 9.18 Å². The number of halogens is 1. The highest BCUT2D eigenvalue weighted by Crippen LogP contribution is 2.20. The van der Waals surface area contributed by atoms with Gasteiger partial charge in [0.25, 0.3) is 5.91 Å². The van der Waals surface area contributed by atoms with Crippen molar-refractivity contribution in [3.63, 3.8) is 0 Å². The second-order valence-corrected chi connectivity index (χ2v) is 5.44. The van der Waals surface area contributed by atoms with Crippen molar-refractivity contribution < 1.29 is 9.18 Å². The molecule has 3 nitrogen and oxygen atoms in total. The van der Waals surface area contributed by atoms with Crippen molar-refractivity contribution in [3.8, 4) is 0 Å². The van der Waals surface area contributed by atoms with Gasteiger partial charge in [-0.15, -0.1) is 11.3 Å². The third-order valence-electron chi connectivity index (χ3n) is 3.08. The zero-order valence-electron chi connectivity index (χ0n) is 10.7. The predicted molar refractivity (Wildman–Crippen MR) is 78.6 cm³/mol. The van der Waals surface area contributed by atoms with Crippen molar-refractivity contribution in [1.82, 2.24) is 10.3 Å². The van der Waals surface area contributed by atoms with Gasteiger partial charge >= 0.3 is 0 Å². The average Bonchev–Trinajstić information content (AvgIpc) is 2.99. The Morgan fingerprint density at radius 2 is 2.20 bits per heavy atom. The van der Waals surface area contributed by atoms with Gasteiger partial charge in [-0.05, 0) is 41.6 Å². The van der Waals surface area contributed by atoms with Crippen molar-refractivity contribution in [2.75, 3.05) is 6.54 Å². The fourth-order valence-corrected chi connectivity index (χ4v) is 2.86. The fourth-order valence-electron chi connectivity index (χ4n) is 2.08. The zero-order valence-corrected chi connectivity index (χ0v) is 11.5. The van der Waals surface area contributed by atoms with E-state index in [1.165, 1.54) is 12.1 Å². The van der Waals surface area contributed by atoms with E-state index in [4.69, 9.17) is 0 Å². The second-order valence-electron chi connectivity index (χ2n) is 4.52. The molecular formula is C15H13FN2OS. The Morgan fingerprint density at radius 3 is 3.00 bits per heavy atom. The van der Waals surface area contributed by atoms with E-state index in [0.29, 0.717) is 18.7 Å². The number of rotatable bonds is 4.